The van der Waals surface area contributed by atoms with Gasteiger partial charge in [0.1, 0.15) is 5.82 Å². The molecule has 0 radical (unpaired) electrons. The van der Waals surface area contributed by atoms with Crippen LogP contribution in [-0.2, 0) is 12.8 Å². The summed E-state index contributed by atoms with van der Waals surface area (Å²) in [5, 5.41) is 9.68. The molecule has 20 heavy (non-hydrogen) atoms. The summed E-state index contributed by atoms with van der Waals surface area (Å²) in [6.07, 6.45) is 1.28. The van der Waals surface area contributed by atoms with E-state index in [0.717, 1.165) is 22.0 Å². The van der Waals surface area contributed by atoms with E-state index in [9.17, 15) is 9.50 Å². The average Bonchev–Trinajstić information content (AvgIpc) is 2.43. The first kappa shape index (κ1) is 15.5. The van der Waals surface area contributed by atoms with Crippen molar-refractivity contribution in [3.63, 3.8) is 0 Å². The second-order valence-corrected chi connectivity index (χ2v) is 6.09. The summed E-state index contributed by atoms with van der Waals surface area (Å²) >= 11 is 9.39. The van der Waals surface area contributed by atoms with E-state index in [4.69, 9.17) is 11.6 Å². The van der Waals surface area contributed by atoms with Gasteiger partial charge in [-0.2, -0.15) is 0 Å². The Morgan fingerprint density at radius 2 is 1.90 bits per heavy atom. The van der Waals surface area contributed by atoms with Gasteiger partial charge in [0.2, 0.25) is 0 Å². The number of aliphatic hydroxyl groups is 1. The Morgan fingerprint density at radius 1 is 1.15 bits per heavy atom. The molecule has 1 N–H and O–H groups in total. The van der Waals surface area contributed by atoms with Gasteiger partial charge < -0.3 is 5.11 Å². The van der Waals surface area contributed by atoms with Gasteiger partial charge in [0.25, 0.3) is 0 Å². The molecule has 0 aliphatic rings. The van der Waals surface area contributed by atoms with Gasteiger partial charge in [-0.1, -0.05) is 51.8 Å². The second kappa shape index (κ2) is 7.21. The van der Waals surface area contributed by atoms with E-state index in [0.29, 0.717) is 6.42 Å². The van der Waals surface area contributed by atoms with Crippen LogP contribution in [0.2, 0.25) is 5.02 Å². The molecule has 0 saturated heterocycles. The van der Waals surface area contributed by atoms with Crippen LogP contribution in [0.25, 0.3) is 0 Å². The first-order valence-corrected chi connectivity index (χ1v) is 7.55. The Balaban J connectivity index is 2.11. The minimum atomic E-state index is -0.414. The van der Waals surface area contributed by atoms with Gasteiger partial charge in [0.15, 0.2) is 0 Å². The standard InChI is InChI=1S/C16H15BrClFO/c17-14-5-1-3-11(9-14)7-12(10-20)8-13-4-2-6-15(19)16(13)18/h1-6,9,12,20H,7-8,10H2. The maximum atomic E-state index is 13.4. The van der Waals surface area contributed by atoms with E-state index in [1.54, 1.807) is 12.1 Å². The minimum Gasteiger partial charge on any atom is -0.396 e. The lowest BCUT2D eigenvalue weighted by molar-refractivity contribution is 0.225. The Hall–Kier alpha value is -0.900. The second-order valence-electron chi connectivity index (χ2n) is 4.80. The summed E-state index contributed by atoms with van der Waals surface area (Å²) < 4.78 is 14.4. The third kappa shape index (κ3) is 4.05. The third-order valence-electron chi connectivity index (χ3n) is 3.21. The molecule has 1 unspecified atom stereocenters. The molecule has 0 aromatic heterocycles. The lowest BCUT2D eigenvalue weighted by Gasteiger charge is -2.15. The summed E-state index contributed by atoms with van der Waals surface area (Å²) in [6, 6.07) is 12.7. The van der Waals surface area contributed by atoms with Crippen LogP contribution in [0.5, 0.6) is 0 Å². The smallest absolute Gasteiger partial charge is 0.142 e. The van der Waals surface area contributed by atoms with Gasteiger partial charge in [-0.3, -0.25) is 0 Å². The topological polar surface area (TPSA) is 20.2 Å². The van der Waals surface area contributed by atoms with Crippen molar-refractivity contribution in [1.29, 1.82) is 0 Å². The summed E-state index contributed by atoms with van der Waals surface area (Å²) in [6.45, 7) is 0.0410. The zero-order chi connectivity index (χ0) is 14.5. The number of aliphatic hydroxyl groups excluding tert-OH is 1. The van der Waals surface area contributed by atoms with E-state index in [1.165, 1.54) is 6.07 Å². The summed E-state index contributed by atoms with van der Waals surface area (Å²) in [5.74, 6) is -0.396. The minimum absolute atomic E-state index is 0.0172. The molecule has 0 heterocycles. The van der Waals surface area contributed by atoms with Crippen LogP contribution < -0.4 is 0 Å². The zero-order valence-corrected chi connectivity index (χ0v) is 13.2. The quantitative estimate of drug-likeness (QED) is 0.827. The fourth-order valence-corrected chi connectivity index (χ4v) is 2.87. The van der Waals surface area contributed by atoms with E-state index < -0.39 is 5.82 Å². The van der Waals surface area contributed by atoms with Gasteiger partial charge >= 0.3 is 0 Å². The Bertz CT molecular complexity index is 588. The zero-order valence-electron chi connectivity index (χ0n) is 10.8. The van der Waals surface area contributed by atoms with Crippen LogP contribution in [0, 0.1) is 11.7 Å². The lowest BCUT2D eigenvalue weighted by atomic mass is 9.93. The van der Waals surface area contributed by atoms with Crippen LogP contribution in [-0.4, -0.2) is 11.7 Å². The average molecular weight is 358 g/mol. The Labute approximate surface area is 131 Å². The highest BCUT2D eigenvalue weighted by Crippen LogP contribution is 2.24. The highest BCUT2D eigenvalue weighted by atomic mass is 79.9. The van der Waals surface area contributed by atoms with Crippen molar-refractivity contribution in [2.45, 2.75) is 12.8 Å². The fourth-order valence-electron chi connectivity index (χ4n) is 2.22. The maximum absolute atomic E-state index is 13.4. The molecule has 0 spiro atoms. The van der Waals surface area contributed by atoms with Gasteiger partial charge in [-0.15, -0.1) is 0 Å². The molecule has 0 aliphatic carbocycles. The van der Waals surface area contributed by atoms with Crippen LogP contribution >= 0.6 is 27.5 Å². The molecule has 1 atom stereocenters. The molecule has 1 nitrogen and oxygen atoms in total. The van der Waals surface area contributed by atoms with E-state index in [-0.39, 0.29) is 17.5 Å². The first-order valence-electron chi connectivity index (χ1n) is 6.38. The molecule has 106 valence electrons. The molecular formula is C16H15BrClFO. The molecule has 0 amide bonds. The maximum Gasteiger partial charge on any atom is 0.142 e. The van der Waals surface area contributed by atoms with Crippen molar-refractivity contribution in [2.75, 3.05) is 6.61 Å². The first-order chi connectivity index (χ1) is 9.60. The SMILES string of the molecule is OCC(Cc1cccc(Br)c1)Cc1cccc(F)c1Cl. The highest BCUT2D eigenvalue weighted by Gasteiger charge is 2.14. The third-order valence-corrected chi connectivity index (χ3v) is 4.13. The van der Waals surface area contributed by atoms with Crippen molar-refractivity contribution in [3.8, 4) is 0 Å². The molecule has 0 bridgehead atoms. The summed E-state index contributed by atoms with van der Waals surface area (Å²) in [5.41, 5.74) is 1.87. The Kier molecular flexibility index (Phi) is 5.58. The molecule has 0 fully saturated rings. The van der Waals surface area contributed by atoms with Gasteiger partial charge in [0, 0.05) is 11.1 Å². The van der Waals surface area contributed by atoms with Crippen LogP contribution in [0.3, 0.4) is 0 Å². The molecule has 2 aromatic carbocycles. The highest BCUT2D eigenvalue weighted by molar-refractivity contribution is 9.10. The normalized spacial score (nSPS) is 12.4. The largest absolute Gasteiger partial charge is 0.396 e. The van der Waals surface area contributed by atoms with E-state index >= 15 is 0 Å². The lowest BCUT2D eigenvalue weighted by Crippen LogP contribution is -2.13. The van der Waals surface area contributed by atoms with Crippen LogP contribution in [0.1, 0.15) is 11.1 Å². The van der Waals surface area contributed by atoms with Gasteiger partial charge in [-0.05, 0) is 48.1 Å². The number of rotatable bonds is 5. The molecule has 0 saturated carbocycles. The Morgan fingerprint density at radius 3 is 2.60 bits per heavy atom. The monoisotopic (exact) mass is 356 g/mol. The van der Waals surface area contributed by atoms with Crippen LogP contribution in [0.4, 0.5) is 4.39 Å². The fraction of sp³-hybridized carbons (Fsp3) is 0.250. The molecule has 0 aliphatic heterocycles. The van der Waals surface area contributed by atoms with E-state index in [1.807, 2.05) is 24.3 Å². The number of benzene rings is 2. The van der Waals surface area contributed by atoms with Crippen molar-refractivity contribution >= 4 is 27.5 Å². The van der Waals surface area contributed by atoms with Crippen molar-refractivity contribution in [2.24, 2.45) is 5.92 Å². The summed E-state index contributed by atoms with van der Waals surface area (Å²) in [4.78, 5) is 0. The summed E-state index contributed by atoms with van der Waals surface area (Å²) in [7, 11) is 0. The van der Waals surface area contributed by atoms with Gasteiger partial charge in [-0.25, -0.2) is 4.39 Å². The van der Waals surface area contributed by atoms with Crippen molar-refractivity contribution in [1.82, 2.24) is 0 Å². The predicted molar refractivity (Wildman–Crippen MR) is 83.5 cm³/mol. The molecule has 2 aromatic rings. The number of hydrogen-bond donors (Lipinski definition) is 1. The predicted octanol–water partition coefficient (Wildman–Crippen LogP) is 4.64. The van der Waals surface area contributed by atoms with Crippen molar-refractivity contribution in [3.05, 3.63) is 68.9 Å². The number of hydrogen-bond acceptors (Lipinski definition) is 1. The molecule has 4 heteroatoms. The molecular weight excluding hydrogens is 343 g/mol. The van der Waals surface area contributed by atoms with E-state index in [2.05, 4.69) is 15.9 Å². The molecule has 2 rings (SSSR count). The van der Waals surface area contributed by atoms with Gasteiger partial charge in [0.05, 0.1) is 5.02 Å². The number of halogens is 3. The van der Waals surface area contributed by atoms with Crippen LogP contribution in [0.15, 0.2) is 46.9 Å². The van der Waals surface area contributed by atoms with Crippen molar-refractivity contribution < 1.29 is 9.50 Å².